The van der Waals surface area contributed by atoms with Gasteiger partial charge >= 0.3 is 0 Å². The standard InChI is InChI=1S/CH2N4.CH4O2S/c1-2-4-5-3-1;1-4(2)3/h1H,(H,2,3,4,5);1H3,(H,2,3)/p-1. The number of nitrogens with one attached hydrogen (secondary N) is 1. The van der Waals surface area contributed by atoms with Crippen LogP contribution >= 0.6 is 0 Å². The Balaban J connectivity index is 0.000000148. The Bertz CT molecular complexity index is 130. The zero-order valence-electron chi connectivity index (χ0n) is 4.64. The van der Waals surface area contributed by atoms with Crippen molar-refractivity contribution in [2.24, 2.45) is 0 Å². The second-order valence-corrected chi connectivity index (χ2v) is 1.76. The third-order valence-electron chi connectivity index (χ3n) is 0.270. The molecule has 1 aromatic rings. The van der Waals surface area contributed by atoms with Crippen molar-refractivity contribution < 1.29 is 8.76 Å². The third-order valence-corrected chi connectivity index (χ3v) is 0.270. The Kier molecular flexibility index (Phi) is 4.83. The molecular formula is C2H5N4O2S-. The molecule has 1 aromatic heterocycles. The summed E-state index contributed by atoms with van der Waals surface area (Å²) in [7, 11) is 0. The van der Waals surface area contributed by atoms with Gasteiger partial charge in [0.05, 0.1) is 0 Å². The first-order valence-corrected chi connectivity index (χ1v) is 3.39. The van der Waals surface area contributed by atoms with Crippen LogP contribution in [0.4, 0.5) is 0 Å². The van der Waals surface area contributed by atoms with Gasteiger partial charge in [-0.1, -0.05) is 16.3 Å². The van der Waals surface area contributed by atoms with E-state index in [1.807, 2.05) is 0 Å². The maximum Gasteiger partial charge on any atom is 0.161 e. The van der Waals surface area contributed by atoms with Gasteiger partial charge in [-0.2, -0.15) is 5.21 Å². The van der Waals surface area contributed by atoms with E-state index in [9.17, 15) is 0 Å². The predicted octanol–water partition coefficient (Wildman–Crippen LogP) is -1.31. The van der Waals surface area contributed by atoms with Crippen LogP contribution in [0.5, 0.6) is 0 Å². The Morgan fingerprint density at radius 2 is 2.33 bits per heavy atom. The topological polar surface area (TPSA) is 94.6 Å². The molecule has 1 heterocycles. The molecule has 0 saturated heterocycles. The average molecular weight is 149 g/mol. The quantitative estimate of drug-likeness (QED) is 0.462. The molecule has 0 radical (unpaired) electrons. The highest BCUT2D eigenvalue weighted by Crippen LogP contribution is 1.45. The molecule has 1 unspecified atom stereocenters. The van der Waals surface area contributed by atoms with Crippen LogP contribution in [0.25, 0.3) is 0 Å². The Hall–Kier alpha value is -0.820. The zero-order valence-corrected chi connectivity index (χ0v) is 5.46. The van der Waals surface area contributed by atoms with Gasteiger partial charge in [-0.15, -0.1) is 10.2 Å². The molecule has 0 bridgehead atoms. The van der Waals surface area contributed by atoms with Crippen molar-refractivity contribution in [2.75, 3.05) is 6.26 Å². The monoisotopic (exact) mass is 149 g/mol. The summed E-state index contributed by atoms with van der Waals surface area (Å²) < 4.78 is 18.0. The molecule has 0 amide bonds. The number of rotatable bonds is 0. The fraction of sp³-hybridized carbons (Fsp3) is 0.500. The van der Waals surface area contributed by atoms with Crippen LogP contribution in [-0.4, -0.2) is 35.6 Å². The second-order valence-electron chi connectivity index (χ2n) is 0.961. The van der Waals surface area contributed by atoms with E-state index in [1.54, 1.807) is 0 Å². The van der Waals surface area contributed by atoms with Gasteiger partial charge in [0, 0.05) is 0 Å². The van der Waals surface area contributed by atoms with Crippen molar-refractivity contribution in [1.29, 1.82) is 0 Å². The van der Waals surface area contributed by atoms with Crippen LogP contribution in [-0.2, 0) is 11.1 Å². The van der Waals surface area contributed by atoms with E-state index in [2.05, 4.69) is 20.6 Å². The number of hydrogen-bond donors (Lipinski definition) is 1. The van der Waals surface area contributed by atoms with Gasteiger partial charge in [-0.25, -0.2) is 0 Å². The molecule has 6 nitrogen and oxygen atoms in total. The molecule has 0 saturated carbocycles. The smallest absolute Gasteiger partial charge is 0.161 e. The average Bonchev–Trinajstić information content (AvgIpc) is 2.11. The molecule has 0 aliphatic heterocycles. The van der Waals surface area contributed by atoms with E-state index in [0.29, 0.717) is 0 Å². The Labute approximate surface area is 54.0 Å². The van der Waals surface area contributed by atoms with E-state index in [4.69, 9.17) is 8.76 Å². The van der Waals surface area contributed by atoms with E-state index in [1.165, 1.54) is 6.33 Å². The summed E-state index contributed by atoms with van der Waals surface area (Å²) in [5.41, 5.74) is 0. The minimum absolute atomic E-state index is 1.08. The van der Waals surface area contributed by atoms with Gasteiger partial charge in [0.2, 0.25) is 0 Å². The Morgan fingerprint density at radius 1 is 1.78 bits per heavy atom. The number of nitrogens with zero attached hydrogens (tertiary/aromatic N) is 3. The van der Waals surface area contributed by atoms with Crippen molar-refractivity contribution in [1.82, 2.24) is 20.6 Å². The summed E-state index contributed by atoms with van der Waals surface area (Å²) in [4.78, 5) is 0. The van der Waals surface area contributed by atoms with E-state index in [-0.39, 0.29) is 0 Å². The predicted molar refractivity (Wildman–Crippen MR) is 29.0 cm³/mol. The number of aromatic amines is 1. The number of hydrogen-bond acceptors (Lipinski definition) is 5. The summed E-state index contributed by atoms with van der Waals surface area (Å²) >= 11 is -1.86. The van der Waals surface area contributed by atoms with Gasteiger partial charge in [0.15, 0.2) is 6.33 Å². The highest BCUT2D eigenvalue weighted by molar-refractivity contribution is 7.78. The molecule has 0 aliphatic rings. The summed E-state index contributed by atoms with van der Waals surface area (Å²) in [6.07, 6.45) is 2.42. The van der Waals surface area contributed by atoms with Gasteiger partial charge in [-0.3, -0.25) is 4.21 Å². The van der Waals surface area contributed by atoms with Crippen LogP contribution in [0, 0.1) is 0 Å². The first kappa shape index (κ1) is 8.18. The van der Waals surface area contributed by atoms with Crippen molar-refractivity contribution in [3.05, 3.63) is 6.33 Å². The highest BCUT2D eigenvalue weighted by Gasteiger charge is 1.58. The van der Waals surface area contributed by atoms with Gasteiger partial charge in [-0.05, 0) is 6.26 Å². The maximum atomic E-state index is 9.00. The summed E-state index contributed by atoms with van der Waals surface area (Å²) in [5, 5.41) is 12.2. The van der Waals surface area contributed by atoms with Gasteiger partial charge < -0.3 is 4.55 Å². The fourth-order valence-electron chi connectivity index (χ4n) is 0.129. The molecule has 0 spiro atoms. The number of aromatic nitrogens is 4. The summed E-state index contributed by atoms with van der Waals surface area (Å²) in [6.45, 7) is 0. The van der Waals surface area contributed by atoms with Gasteiger partial charge in [0.1, 0.15) is 0 Å². The number of tetrazole rings is 1. The van der Waals surface area contributed by atoms with Crippen LogP contribution in [0.15, 0.2) is 6.33 Å². The normalized spacial score (nSPS) is 11.3. The van der Waals surface area contributed by atoms with E-state index < -0.39 is 11.1 Å². The zero-order chi connectivity index (χ0) is 7.11. The minimum atomic E-state index is -1.86. The minimum Gasteiger partial charge on any atom is -0.773 e. The Morgan fingerprint density at radius 3 is 2.44 bits per heavy atom. The lowest BCUT2D eigenvalue weighted by Gasteiger charge is -1.85. The van der Waals surface area contributed by atoms with E-state index >= 15 is 0 Å². The van der Waals surface area contributed by atoms with Crippen molar-refractivity contribution in [3.8, 4) is 0 Å². The lowest BCUT2D eigenvalue weighted by atomic mass is 11.4. The molecule has 0 aliphatic carbocycles. The lowest BCUT2D eigenvalue weighted by Crippen LogP contribution is -1.73. The van der Waals surface area contributed by atoms with Crippen molar-refractivity contribution in [2.45, 2.75) is 0 Å². The molecule has 52 valence electrons. The second kappa shape index (κ2) is 5.32. The van der Waals surface area contributed by atoms with Crippen LogP contribution < -0.4 is 0 Å². The molecule has 7 heteroatoms. The fourth-order valence-corrected chi connectivity index (χ4v) is 0.129. The molecule has 1 atom stereocenters. The maximum absolute atomic E-state index is 9.00. The lowest BCUT2D eigenvalue weighted by molar-refractivity contribution is 0.543. The SMILES string of the molecule is CS(=O)[O-].c1nn[nH]n1. The summed E-state index contributed by atoms with van der Waals surface area (Å²) in [6, 6.07) is 0. The molecule has 0 fully saturated rings. The first-order chi connectivity index (χ1) is 4.23. The summed E-state index contributed by atoms with van der Waals surface area (Å²) in [5.74, 6) is 0. The molecule has 1 rings (SSSR count). The van der Waals surface area contributed by atoms with Crippen LogP contribution in [0.3, 0.4) is 0 Å². The molecular weight excluding hydrogens is 144 g/mol. The third kappa shape index (κ3) is 11.0. The molecule has 9 heavy (non-hydrogen) atoms. The van der Waals surface area contributed by atoms with Crippen molar-refractivity contribution in [3.63, 3.8) is 0 Å². The molecule has 1 N–H and O–H groups in total. The highest BCUT2D eigenvalue weighted by atomic mass is 32.2. The van der Waals surface area contributed by atoms with E-state index in [0.717, 1.165) is 6.26 Å². The van der Waals surface area contributed by atoms with Crippen LogP contribution in [0.1, 0.15) is 0 Å². The number of H-pyrrole nitrogens is 1. The van der Waals surface area contributed by atoms with Crippen molar-refractivity contribution >= 4 is 11.1 Å². The first-order valence-electron chi connectivity index (χ1n) is 1.91. The molecule has 0 aromatic carbocycles. The van der Waals surface area contributed by atoms with Crippen LogP contribution in [0.2, 0.25) is 0 Å². The van der Waals surface area contributed by atoms with Gasteiger partial charge in [0.25, 0.3) is 0 Å². The largest absolute Gasteiger partial charge is 0.773 e.